The van der Waals surface area contributed by atoms with Crippen molar-refractivity contribution < 1.29 is 0 Å². The van der Waals surface area contributed by atoms with E-state index in [1.807, 2.05) is 0 Å². The van der Waals surface area contributed by atoms with Crippen LogP contribution in [0.2, 0.25) is 0 Å². The van der Waals surface area contributed by atoms with E-state index in [1.165, 1.54) is 75.4 Å². The molecule has 1 spiro atoms. The monoisotopic (exact) mass is 525 g/mol. The number of nitrogens with zero attached hydrogens (tertiary/aromatic N) is 1. The van der Waals surface area contributed by atoms with Crippen LogP contribution in [-0.4, -0.2) is 7.05 Å². The lowest BCUT2D eigenvalue weighted by Crippen LogP contribution is -2.31. The second-order valence-corrected chi connectivity index (χ2v) is 11.8. The lowest BCUT2D eigenvalue weighted by molar-refractivity contribution is 0.346. The largest absolute Gasteiger partial charge is 0.347 e. The van der Waals surface area contributed by atoms with Crippen molar-refractivity contribution in [2.24, 2.45) is 0 Å². The minimum atomic E-state index is -0.169. The van der Waals surface area contributed by atoms with E-state index in [0.717, 1.165) is 5.57 Å². The predicted molar refractivity (Wildman–Crippen MR) is 155 cm³/mol. The molecule has 1 aliphatic carbocycles. The van der Waals surface area contributed by atoms with E-state index in [0.29, 0.717) is 0 Å². The molecule has 0 bridgehead atoms. The van der Waals surface area contributed by atoms with Gasteiger partial charge in [0.25, 0.3) is 0 Å². The minimum Gasteiger partial charge on any atom is -0.347 e. The maximum atomic E-state index is 4.55. The topological polar surface area (TPSA) is 3.24 Å². The molecule has 3 aromatic rings. The Balaban J connectivity index is 1.50. The summed E-state index contributed by atoms with van der Waals surface area (Å²) in [7, 11) is 2.23. The zero-order valence-electron chi connectivity index (χ0n) is 21.5. The Labute approximate surface area is 219 Å². The van der Waals surface area contributed by atoms with Crippen LogP contribution >= 0.6 is 15.9 Å². The third-order valence-electron chi connectivity index (χ3n) is 8.51. The highest BCUT2D eigenvalue weighted by Gasteiger charge is 2.46. The molecule has 0 unspecified atom stereocenters. The van der Waals surface area contributed by atoms with Crippen molar-refractivity contribution in [2.45, 2.75) is 63.7 Å². The van der Waals surface area contributed by atoms with Crippen LogP contribution in [-0.2, 0) is 10.8 Å². The number of anilines is 1. The Hall–Kier alpha value is -2.58. The summed E-state index contributed by atoms with van der Waals surface area (Å²) in [4.78, 5) is 2.42. The van der Waals surface area contributed by atoms with E-state index in [1.54, 1.807) is 0 Å². The van der Waals surface area contributed by atoms with Crippen LogP contribution < -0.4 is 4.90 Å². The third kappa shape index (κ3) is 4.00. The first-order valence-electron chi connectivity index (χ1n) is 12.9. The van der Waals surface area contributed by atoms with E-state index in [2.05, 4.69) is 128 Å². The smallest absolute Gasteiger partial charge is 0.0448 e. The van der Waals surface area contributed by atoms with E-state index in [4.69, 9.17) is 0 Å². The van der Waals surface area contributed by atoms with Gasteiger partial charge in [0, 0.05) is 33.7 Å². The molecule has 2 aliphatic rings. The second kappa shape index (κ2) is 9.13. The predicted octanol–water partition coefficient (Wildman–Crippen LogP) is 9.54. The Morgan fingerprint density at radius 1 is 1.03 bits per heavy atom. The number of aryl methyl sites for hydroxylation is 1. The van der Waals surface area contributed by atoms with Gasteiger partial charge in [-0.3, -0.25) is 0 Å². The van der Waals surface area contributed by atoms with Crippen LogP contribution in [0.5, 0.6) is 0 Å². The molecule has 1 fully saturated rings. The Morgan fingerprint density at radius 2 is 1.77 bits per heavy atom. The first-order chi connectivity index (χ1) is 16.8. The van der Waals surface area contributed by atoms with Gasteiger partial charge in [-0.05, 0) is 77.1 Å². The zero-order valence-corrected chi connectivity index (χ0v) is 23.1. The van der Waals surface area contributed by atoms with Crippen molar-refractivity contribution in [1.82, 2.24) is 0 Å². The third-order valence-corrected chi connectivity index (χ3v) is 9.00. The molecule has 35 heavy (non-hydrogen) atoms. The van der Waals surface area contributed by atoms with E-state index >= 15 is 0 Å². The van der Waals surface area contributed by atoms with E-state index < -0.39 is 0 Å². The summed E-state index contributed by atoms with van der Waals surface area (Å²) >= 11 is 3.73. The van der Waals surface area contributed by atoms with Gasteiger partial charge >= 0.3 is 0 Å². The fourth-order valence-corrected chi connectivity index (χ4v) is 6.92. The van der Waals surface area contributed by atoms with Gasteiger partial charge in [-0.15, -0.1) is 0 Å². The summed E-state index contributed by atoms with van der Waals surface area (Å²) in [5.41, 5.74) is 8.04. The molecule has 2 heteroatoms. The standard InChI is InChI=1S/C33H36BrN/c1-23-16-17-25-13-7-8-14-27(25)31(23)32(3,4)24(2)12-11-15-30-33(20-9-6-10-21-33)28-22-26(34)18-19-29(28)35(30)5/h7-8,11-19,22H,2,6,9-10,20-21H2,1,3-5H3/b12-11+,30-15+. The Kier molecular flexibility index (Phi) is 6.30. The van der Waals surface area contributed by atoms with Gasteiger partial charge in [0.2, 0.25) is 0 Å². The lowest BCUT2D eigenvalue weighted by Gasteiger charge is -2.36. The average Bonchev–Trinajstić information content (AvgIpc) is 3.06. The van der Waals surface area contributed by atoms with Crippen LogP contribution in [0.4, 0.5) is 5.69 Å². The number of rotatable bonds is 4. The highest BCUT2D eigenvalue weighted by atomic mass is 79.9. The molecule has 0 radical (unpaired) electrons. The molecular formula is C33H36BrN. The van der Waals surface area contributed by atoms with Gasteiger partial charge in [-0.1, -0.05) is 104 Å². The highest BCUT2D eigenvalue weighted by molar-refractivity contribution is 9.10. The molecule has 0 aromatic heterocycles. The number of benzene rings is 3. The number of fused-ring (bicyclic) bond motifs is 3. The summed E-state index contributed by atoms with van der Waals surface area (Å²) in [6, 6.07) is 20.0. The normalized spacial score (nSPS) is 18.7. The van der Waals surface area contributed by atoms with Gasteiger partial charge in [0.05, 0.1) is 0 Å². The lowest BCUT2D eigenvalue weighted by atomic mass is 9.68. The van der Waals surface area contributed by atoms with E-state index in [9.17, 15) is 0 Å². The quantitative estimate of drug-likeness (QED) is 0.306. The maximum Gasteiger partial charge on any atom is 0.0448 e. The minimum absolute atomic E-state index is 0.125. The maximum absolute atomic E-state index is 4.55. The molecule has 5 rings (SSSR count). The molecule has 180 valence electrons. The summed E-state index contributed by atoms with van der Waals surface area (Å²) in [5.74, 6) is 0. The summed E-state index contributed by atoms with van der Waals surface area (Å²) < 4.78 is 1.17. The number of allylic oxidation sites excluding steroid dienone is 5. The van der Waals surface area contributed by atoms with Gasteiger partial charge in [-0.2, -0.15) is 0 Å². The van der Waals surface area contributed by atoms with Crippen LogP contribution in [0.15, 0.2) is 95.1 Å². The molecular weight excluding hydrogens is 490 g/mol. The number of likely N-dealkylation sites (N-methyl/N-ethyl adjacent to an activating group) is 1. The van der Waals surface area contributed by atoms with Crippen molar-refractivity contribution in [3.63, 3.8) is 0 Å². The van der Waals surface area contributed by atoms with E-state index in [-0.39, 0.29) is 10.8 Å². The van der Waals surface area contributed by atoms with Gasteiger partial charge in [0.1, 0.15) is 0 Å². The van der Waals surface area contributed by atoms with Crippen LogP contribution in [0.3, 0.4) is 0 Å². The molecule has 0 atom stereocenters. The molecule has 1 saturated carbocycles. The second-order valence-electron chi connectivity index (χ2n) is 10.9. The molecule has 1 nitrogen and oxygen atoms in total. The number of hydrogen-bond acceptors (Lipinski definition) is 1. The molecule has 3 aromatic carbocycles. The van der Waals surface area contributed by atoms with Crippen LogP contribution in [0, 0.1) is 6.92 Å². The van der Waals surface area contributed by atoms with Gasteiger partial charge < -0.3 is 4.90 Å². The van der Waals surface area contributed by atoms with Crippen molar-refractivity contribution >= 4 is 32.4 Å². The molecule has 0 saturated heterocycles. The van der Waals surface area contributed by atoms with Gasteiger partial charge in [0.15, 0.2) is 0 Å². The molecule has 0 N–H and O–H groups in total. The molecule has 1 heterocycles. The van der Waals surface area contributed by atoms with Crippen LogP contribution in [0.25, 0.3) is 10.8 Å². The summed E-state index contributed by atoms with van der Waals surface area (Å²) in [6.45, 7) is 11.4. The highest BCUT2D eigenvalue weighted by Crippen LogP contribution is 2.55. The fourth-order valence-electron chi connectivity index (χ4n) is 6.56. The first-order valence-corrected chi connectivity index (χ1v) is 13.7. The molecule has 1 aliphatic heterocycles. The molecule has 0 amide bonds. The summed E-state index contributed by atoms with van der Waals surface area (Å²) in [6.07, 6.45) is 13.2. The Bertz CT molecular complexity index is 1350. The zero-order chi connectivity index (χ0) is 24.8. The van der Waals surface area contributed by atoms with Crippen LogP contribution in [0.1, 0.15) is 62.6 Å². The number of halogens is 1. The van der Waals surface area contributed by atoms with Crippen molar-refractivity contribution in [2.75, 3.05) is 11.9 Å². The van der Waals surface area contributed by atoms with Crippen molar-refractivity contribution in [3.8, 4) is 0 Å². The van der Waals surface area contributed by atoms with Crippen molar-refractivity contribution in [3.05, 3.63) is 112 Å². The average molecular weight is 527 g/mol. The Morgan fingerprint density at radius 3 is 2.54 bits per heavy atom. The number of hydrogen-bond donors (Lipinski definition) is 0. The van der Waals surface area contributed by atoms with Gasteiger partial charge in [-0.25, -0.2) is 0 Å². The SMILES string of the molecule is C=C(/C=C/C=C1/N(C)c2ccc(Br)cc2C12CCCCC2)C(C)(C)c1c(C)ccc2ccccc12. The fraction of sp³-hybridized carbons (Fsp3) is 0.333. The first kappa shape index (κ1) is 24.1. The summed E-state index contributed by atoms with van der Waals surface area (Å²) in [5, 5.41) is 2.61. The van der Waals surface area contributed by atoms with Crippen molar-refractivity contribution in [1.29, 1.82) is 0 Å².